The van der Waals surface area contributed by atoms with Gasteiger partial charge in [-0.05, 0) is 27.4 Å². The van der Waals surface area contributed by atoms with Crippen LogP contribution >= 0.6 is 0 Å². The van der Waals surface area contributed by atoms with Crippen LogP contribution in [0.25, 0.3) is 11.0 Å². The van der Waals surface area contributed by atoms with Gasteiger partial charge in [0.15, 0.2) is 11.3 Å². The van der Waals surface area contributed by atoms with E-state index in [0.717, 1.165) is 5.56 Å². The molecular weight excluding hydrogens is 183 g/mol. The van der Waals surface area contributed by atoms with Crippen molar-refractivity contribution in [3.8, 4) is 0 Å². The third-order valence-electron chi connectivity index (χ3n) is 2.17. The summed E-state index contributed by atoms with van der Waals surface area (Å²) in [4.78, 5) is 0. The molecule has 0 amide bonds. The molecular formula is C10H11FN2O. The molecule has 1 heterocycles. The molecule has 1 aromatic heterocycles. The molecule has 0 aliphatic heterocycles. The lowest BCUT2D eigenvalue weighted by Gasteiger charge is -2.18. The summed E-state index contributed by atoms with van der Waals surface area (Å²) >= 11 is 0. The van der Waals surface area contributed by atoms with Crippen molar-refractivity contribution in [1.29, 1.82) is 0 Å². The molecule has 3 nitrogen and oxygen atoms in total. The summed E-state index contributed by atoms with van der Waals surface area (Å²) < 4.78 is 17.8. The maximum absolute atomic E-state index is 13.2. The summed E-state index contributed by atoms with van der Waals surface area (Å²) in [5.41, 5.74) is 1.56. The average Bonchev–Trinajstić information content (AvgIpc) is 2.50. The van der Waals surface area contributed by atoms with Crippen LogP contribution in [0.2, 0.25) is 0 Å². The van der Waals surface area contributed by atoms with E-state index in [1.165, 1.54) is 6.07 Å². The van der Waals surface area contributed by atoms with Crippen molar-refractivity contribution in [2.24, 2.45) is 0 Å². The van der Waals surface area contributed by atoms with Gasteiger partial charge in [-0.1, -0.05) is 26.8 Å². The average molecular weight is 194 g/mol. The molecule has 0 spiro atoms. The molecule has 2 aromatic rings. The summed E-state index contributed by atoms with van der Waals surface area (Å²) in [6.45, 7) is 6.11. The fraction of sp³-hybridized carbons (Fsp3) is 0.400. The molecule has 0 atom stereocenters. The highest BCUT2D eigenvalue weighted by Crippen LogP contribution is 2.29. The second-order valence-electron chi connectivity index (χ2n) is 4.31. The summed E-state index contributed by atoms with van der Waals surface area (Å²) in [6.07, 6.45) is 0. The molecule has 1 aromatic carbocycles. The Kier molecular flexibility index (Phi) is 1.80. The lowest BCUT2D eigenvalue weighted by Crippen LogP contribution is -2.11. The third kappa shape index (κ3) is 1.27. The van der Waals surface area contributed by atoms with Gasteiger partial charge in [-0.2, -0.15) is 0 Å². The van der Waals surface area contributed by atoms with Gasteiger partial charge >= 0.3 is 0 Å². The van der Waals surface area contributed by atoms with Crippen molar-refractivity contribution in [3.63, 3.8) is 0 Å². The lowest BCUT2D eigenvalue weighted by molar-refractivity contribution is 0.314. The zero-order chi connectivity index (χ0) is 10.3. The molecule has 0 unspecified atom stereocenters. The molecule has 0 fully saturated rings. The minimum atomic E-state index is -0.394. The van der Waals surface area contributed by atoms with Gasteiger partial charge in [0, 0.05) is 0 Å². The normalized spacial score (nSPS) is 12.3. The van der Waals surface area contributed by atoms with Gasteiger partial charge in [0.05, 0.1) is 0 Å². The van der Waals surface area contributed by atoms with Crippen LogP contribution in [0.4, 0.5) is 4.39 Å². The number of hydrogen-bond donors (Lipinski definition) is 0. The Labute approximate surface area is 80.9 Å². The molecule has 0 aliphatic rings. The van der Waals surface area contributed by atoms with Gasteiger partial charge in [0.2, 0.25) is 0 Å². The summed E-state index contributed by atoms with van der Waals surface area (Å²) in [7, 11) is 0. The number of halogens is 1. The first-order valence-electron chi connectivity index (χ1n) is 4.41. The fourth-order valence-electron chi connectivity index (χ4n) is 1.44. The van der Waals surface area contributed by atoms with Gasteiger partial charge < -0.3 is 0 Å². The van der Waals surface area contributed by atoms with Crippen LogP contribution in [0.1, 0.15) is 26.3 Å². The van der Waals surface area contributed by atoms with E-state index in [-0.39, 0.29) is 10.9 Å². The van der Waals surface area contributed by atoms with Crippen LogP contribution in [0.5, 0.6) is 0 Å². The minimum Gasteiger partial charge on any atom is -0.243 e. The molecule has 0 bridgehead atoms. The monoisotopic (exact) mass is 194 g/mol. The van der Waals surface area contributed by atoms with Gasteiger partial charge in [0.25, 0.3) is 0 Å². The van der Waals surface area contributed by atoms with Crippen LogP contribution < -0.4 is 0 Å². The Morgan fingerprint density at radius 2 is 1.79 bits per heavy atom. The first-order valence-corrected chi connectivity index (χ1v) is 4.41. The zero-order valence-corrected chi connectivity index (χ0v) is 8.34. The van der Waals surface area contributed by atoms with E-state index in [4.69, 9.17) is 0 Å². The number of aromatic nitrogens is 2. The molecule has 0 saturated heterocycles. The van der Waals surface area contributed by atoms with Crippen molar-refractivity contribution in [3.05, 3.63) is 23.5 Å². The maximum Gasteiger partial charge on any atom is 0.171 e. The van der Waals surface area contributed by atoms with Gasteiger partial charge in [-0.25, -0.2) is 9.02 Å². The molecule has 0 radical (unpaired) electrons. The van der Waals surface area contributed by atoms with Crippen LogP contribution in [0, 0.1) is 5.82 Å². The highest BCUT2D eigenvalue weighted by molar-refractivity contribution is 5.78. The van der Waals surface area contributed by atoms with Crippen LogP contribution in [-0.2, 0) is 5.41 Å². The summed E-state index contributed by atoms with van der Waals surface area (Å²) in [6, 6.07) is 3.12. The standard InChI is InChI=1S/C10H11FN2O/c1-10(2,3)6-4-5-7(11)9-8(6)12-14-13-9/h4-5H,1-3H3. The minimum absolute atomic E-state index is 0.0928. The number of benzene rings is 1. The number of rotatable bonds is 0. The van der Waals surface area contributed by atoms with Crippen molar-refractivity contribution in [1.82, 2.24) is 10.3 Å². The third-order valence-corrected chi connectivity index (χ3v) is 2.17. The molecule has 4 heteroatoms. The smallest absolute Gasteiger partial charge is 0.171 e. The Balaban J connectivity index is 2.80. The predicted molar refractivity (Wildman–Crippen MR) is 50.5 cm³/mol. The van der Waals surface area contributed by atoms with Crippen molar-refractivity contribution < 1.29 is 9.02 Å². The molecule has 0 aliphatic carbocycles. The lowest BCUT2D eigenvalue weighted by atomic mass is 9.86. The Hall–Kier alpha value is -1.45. The van der Waals surface area contributed by atoms with E-state index in [9.17, 15) is 4.39 Å². The van der Waals surface area contributed by atoms with Gasteiger partial charge in [-0.15, -0.1) is 0 Å². The van der Waals surface area contributed by atoms with E-state index in [0.29, 0.717) is 5.52 Å². The molecule has 2 rings (SSSR count). The second kappa shape index (κ2) is 2.77. The molecule has 0 N–H and O–H groups in total. The van der Waals surface area contributed by atoms with Gasteiger partial charge in [-0.3, -0.25) is 0 Å². The number of hydrogen-bond acceptors (Lipinski definition) is 3. The Morgan fingerprint density at radius 3 is 2.43 bits per heavy atom. The largest absolute Gasteiger partial charge is 0.243 e. The highest BCUT2D eigenvalue weighted by atomic mass is 19.1. The summed E-state index contributed by atoms with van der Waals surface area (Å²) in [5.74, 6) is -0.394. The Morgan fingerprint density at radius 1 is 1.14 bits per heavy atom. The first-order chi connectivity index (χ1) is 6.50. The van der Waals surface area contributed by atoms with E-state index < -0.39 is 5.82 Å². The van der Waals surface area contributed by atoms with Crippen LogP contribution in [0.3, 0.4) is 0 Å². The van der Waals surface area contributed by atoms with E-state index in [2.05, 4.69) is 14.9 Å². The SMILES string of the molecule is CC(C)(C)c1ccc(F)c2nonc12. The fourth-order valence-corrected chi connectivity index (χ4v) is 1.44. The van der Waals surface area contributed by atoms with E-state index in [1.807, 2.05) is 20.8 Å². The van der Waals surface area contributed by atoms with Crippen molar-refractivity contribution in [2.45, 2.75) is 26.2 Å². The van der Waals surface area contributed by atoms with Crippen molar-refractivity contribution in [2.75, 3.05) is 0 Å². The highest BCUT2D eigenvalue weighted by Gasteiger charge is 2.21. The molecule has 0 saturated carbocycles. The molecule has 74 valence electrons. The number of nitrogens with zero attached hydrogens (tertiary/aromatic N) is 2. The van der Waals surface area contributed by atoms with Gasteiger partial charge in [0.1, 0.15) is 5.52 Å². The number of fused-ring (bicyclic) bond motifs is 1. The Bertz CT molecular complexity index is 470. The van der Waals surface area contributed by atoms with Crippen LogP contribution in [-0.4, -0.2) is 10.3 Å². The predicted octanol–water partition coefficient (Wildman–Crippen LogP) is 2.66. The van der Waals surface area contributed by atoms with E-state index in [1.54, 1.807) is 6.07 Å². The first kappa shape index (κ1) is 9.12. The quantitative estimate of drug-likeness (QED) is 0.647. The van der Waals surface area contributed by atoms with E-state index >= 15 is 0 Å². The summed E-state index contributed by atoms with van der Waals surface area (Å²) in [5, 5.41) is 7.25. The zero-order valence-electron chi connectivity index (χ0n) is 8.34. The van der Waals surface area contributed by atoms with Crippen molar-refractivity contribution >= 4 is 11.0 Å². The van der Waals surface area contributed by atoms with Crippen LogP contribution in [0.15, 0.2) is 16.8 Å². The molecule has 14 heavy (non-hydrogen) atoms. The second-order valence-corrected chi connectivity index (χ2v) is 4.31. The topological polar surface area (TPSA) is 38.9 Å². The maximum atomic E-state index is 13.2.